The van der Waals surface area contributed by atoms with Gasteiger partial charge in [0.1, 0.15) is 17.9 Å². The molecule has 1 saturated heterocycles. The van der Waals surface area contributed by atoms with Crippen molar-refractivity contribution in [1.29, 1.82) is 0 Å². The Labute approximate surface area is 120 Å². The molecule has 0 saturated carbocycles. The fourth-order valence-electron chi connectivity index (χ4n) is 2.23. The van der Waals surface area contributed by atoms with Crippen molar-refractivity contribution in [1.82, 2.24) is 9.80 Å². The first-order chi connectivity index (χ1) is 9.70. The monoisotopic (exact) mass is 278 g/mol. The molecule has 1 heterocycles. The molecule has 1 fully saturated rings. The second kappa shape index (κ2) is 7.26. The summed E-state index contributed by atoms with van der Waals surface area (Å²) in [7, 11) is 3.52. The van der Waals surface area contributed by atoms with E-state index in [0.29, 0.717) is 17.9 Å². The van der Waals surface area contributed by atoms with Crippen LogP contribution in [0.3, 0.4) is 0 Å². The highest BCUT2D eigenvalue weighted by Gasteiger charge is 2.15. The maximum absolute atomic E-state index is 11.6. The second-order valence-corrected chi connectivity index (χ2v) is 4.98. The predicted octanol–water partition coefficient (Wildman–Crippen LogP) is 1.10. The van der Waals surface area contributed by atoms with E-state index in [1.807, 2.05) is 6.07 Å². The van der Waals surface area contributed by atoms with Crippen molar-refractivity contribution < 1.29 is 14.3 Å². The highest BCUT2D eigenvalue weighted by atomic mass is 16.5. The summed E-state index contributed by atoms with van der Waals surface area (Å²) in [5, 5.41) is 0. The first-order valence-corrected chi connectivity index (χ1v) is 6.91. The molecule has 1 aromatic rings. The number of benzene rings is 1. The number of carbonyl (C=O) groups is 1. The van der Waals surface area contributed by atoms with Crippen molar-refractivity contribution in [3.05, 3.63) is 29.8 Å². The fraction of sp³-hybridized carbons (Fsp3) is 0.533. The Bertz CT molecular complexity index is 442. The summed E-state index contributed by atoms with van der Waals surface area (Å²) in [6.07, 6.45) is 0. The maximum Gasteiger partial charge on any atom is 0.341 e. The Kier molecular flexibility index (Phi) is 5.38. The first-order valence-electron chi connectivity index (χ1n) is 6.91. The van der Waals surface area contributed by atoms with Crippen LogP contribution >= 0.6 is 0 Å². The largest absolute Gasteiger partial charge is 0.491 e. The molecule has 20 heavy (non-hydrogen) atoms. The lowest BCUT2D eigenvalue weighted by molar-refractivity contribution is 0.0595. The lowest BCUT2D eigenvalue weighted by Gasteiger charge is -2.32. The van der Waals surface area contributed by atoms with Gasteiger partial charge in [-0.2, -0.15) is 0 Å². The third-order valence-electron chi connectivity index (χ3n) is 3.55. The SMILES string of the molecule is COC(=O)c1ccccc1OCCN1CCN(C)CC1. The zero-order chi connectivity index (χ0) is 14.4. The molecule has 1 aliphatic heterocycles. The van der Waals surface area contributed by atoms with E-state index < -0.39 is 0 Å². The average molecular weight is 278 g/mol. The zero-order valence-corrected chi connectivity index (χ0v) is 12.2. The smallest absolute Gasteiger partial charge is 0.341 e. The number of ether oxygens (including phenoxy) is 2. The van der Waals surface area contributed by atoms with Gasteiger partial charge >= 0.3 is 5.97 Å². The number of rotatable bonds is 5. The molecule has 0 N–H and O–H groups in total. The maximum atomic E-state index is 11.6. The summed E-state index contributed by atoms with van der Waals surface area (Å²) in [4.78, 5) is 16.3. The molecule has 110 valence electrons. The van der Waals surface area contributed by atoms with Crippen LogP contribution in [0.15, 0.2) is 24.3 Å². The Hall–Kier alpha value is -1.59. The number of methoxy groups -OCH3 is 1. The number of para-hydroxylation sites is 1. The standard InChI is InChI=1S/C15H22N2O3/c1-16-7-9-17(10-8-16)11-12-20-14-6-4-3-5-13(14)15(18)19-2/h3-6H,7-12H2,1-2H3. The van der Waals surface area contributed by atoms with Crippen molar-refractivity contribution in [2.75, 3.05) is 53.5 Å². The number of carbonyl (C=O) groups excluding carboxylic acids is 1. The number of esters is 1. The van der Waals surface area contributed by atoms with E-state index in [4.69, 9.17) is 9.47 Å². The number of piperazine rings is 1. The van der Waals surface area contributed by atoms with Crippen LogP contribution in [0.25, 0.3) is 0 Å². The van der Waals surface area contributed by atoms with Gasteiger partial charge in [0.05, 0.1) is 7.11 Å². The Morgan fingerprint density at radius 3 is 2.60 bits per heavy atom. The molecule has 0 atom stereocenters. The van der Waals surface area contributed by atoms with Crippen molar-refractivity contribution in [2.24, 2.45) is 0 Å². The summed E-state index contributed by atoms with van der Waals surface area (Å²) in [6.45, 7) is 5.79. The molecule has 0 radical (unpaired) electrons. The molecule has 2 rings (SSSR count). The van der Waals surface area contributed by atoms with Crippen LogP contribution in [-0.4, -0.2) is 69.3 Å². The van der Waals surface area contributed by atoms with Crippen molar-refractivity contribution in [2.45, 2.75) is 0 Å². The summed E-state index contributed by atoms with van der Waals surface area (Å²) in [5.74, 6) is 0.230. The minimum Gasteiger partial charge on any atom is -0.491 e. The van der Waals surface area contributed by atoms with Crippen LogP contribution in [0, 0.1) is 0 Å². The van der Waals surface area contributed by atoms with Gasteiger partial charge in [0.25, 0.3) is 0 Å². The lowest BCUT2D eigenvalue weighted by Crippen LogP contribution is -2.45. The zero-order valence-electron chi connectivity index (χ0n) is 12.2. The first kappa shape index (κ1) is 14.8. The van der Waals surface area contributed by atoms with Crippen molar-refractivity contribution in [3.8, 4) is 5.75 Å². The second-order valence-electron chi connectivity index (χ2n) is 4.98. The van der Waals surface area contributed by atoms with E-state index in [-0.39, 0.29) is 5.97 Å². The van der Waals surface area contributed by atoms with Crippen LogP contribution < -0.4 is 4.74 Å². The average Bonchev–Trinajstić information content (AvgIpc) is 2.49. The molecule has 1 aliphatic rings. The van der Waals surface area contributed by atoms with Gasteiger partial charge in [0, 0.05) is 32.7 Å². The topological polar surface area (TPSA) is 42.0 Å². The van der Waals surface area contributed by atoms with Crippen molar-refractivity contribution >= 4 is 5.97 Å². The van der Waals surface area contributed by atoms with E-state index >= 15 is 0 Å². The molecule has 5 nitrogen and oxygen atoms in total. The van der Waals surface area contributed by atoms with Gasteiger partial charge in [0.2, 0.25) is 0 Å². The highest BCUT2D eigenvalue weighted by molar-refractivity contribution is 5.92. The predicted molar refractivity (Wildman–Crippen MR) is 77.2 cm³/mol. The normalized spacial score (nSPS) is 16.9. The molecule has 0 spiro atoms. The number of nitrogens with zero attached hydrogens (tertiary/aromatic N) is 2. The molecule has 0 aromatic heterocycles. The third kappa shape index (κ3) is 3.95. The van der Waals surface area contributed by atoms with E-state index in [1.54, 1.807) is 18.2 Å². The van der Waals surface area contributed by atoms with E-state index in [9.17, 15) is 4.79 Å². The molecule has 5 heteroatoms. The Morgan fingerprint density at radius 2 is 1.90 bits per heavy atom. The molecule has 0 bridgehead atoms. The number of likely N-dealkylation sites (N-methyl/N-ethyl adjacent to an activating group) is 1. The van der Waals surface area contributed by atoms with Crippen LogP contribution in [0.1, 0.15) is 10.4 Å². The Balaban J connectivity index is 1.83. The van der Waals surface area contributed by atoms with Crippen LogP contribution in [0.5, 0.6) is 5.75 Å². The van der Waals surface area contributed by atoms with Crippen LogP contribution in [-0.2, 0) is 4.74 Å². The van der Waals surface area contributed by atoms with Gasteiger partial charge in [-0.15, -0.1) is 0 Å². The number of hydrogen-bond donors (Lipinski definition) is 0. The minimum atomic E-state index is -0.361. The van der Waals surface area contributed by atoms with Crippen LogP contribution in [0.4, 0.5) is 0 Å². The molecule has 0 aliphatic carbocycles. The minimum absolute atomic E-state index is 0.361. The van der Waals surface area contributed by atoms with Crippen LogP contribution in [0.2, 0.25) is 0 Å². The molecule has 1 aromatic carbocycles. The molecular formula is C15H22N2O3. The van der Waals surface area contributed by atoms with Crippen molar-refractivity contribution in [3.63, 3.8) is 0 Å². The van der Waals surface area contributed by atoms with E-state index in [1.165, 1.54) is 7.11 Å². The fourth-order valence-corrected chi connectivity index (χ4v) is 2.23. The lowest BCUT2D eigenvalue weighted by atomic mass is 10.2. The van der Waals surface area contributed by atoms with Gasteiger partial charge in [-0.05, 0) is 19.2 Å². The third-order valence-corrected chi connectivity index (χ3v) is 3.55. The Morgan fingerprint density at radius 1 is 1.20 bits per heavy atom. The van der Waals surface area contributed by atoms with Gasteiger partial charge < -0.3 is 14.4 Å². The van der Waals surface area contributed by atoms with Gasteiger partial charge in [-0.1, -0.05) is 12.1 Å². The van der Waals surface area contributed by atoms with Gasteiger partial charge in [0.15, 0.2) is 0 Å². The summed E-state index contributed by atoms with van der Waals surface area (Å²) >= 11 is 0. The summed E-state index contributed by atoms with van der Waals surface area (Å²) in [5.41, 5.74) is 0.480. The molecule has 0 amide bonds. The highest BCUT2D eigenvalue weighted by Crippen LogP contribution is 2.18. The summed E-state index contributed by atoms with van der Waals surface area (Å²) < 4.78 is 10.5. The number of hydrogen-bond acceptors (Lipinski definition) is 5. The van der Waals surface area contributed by atoms with Gasteiger partial charge in [-0.25, -0.2) is 4.79 Å². The van der Waals surface area contributed by atoms with E-state index in [0.717, 1.165) is 32.7 Å². The van der Waals surface area contributed by atoms with E-state index in [2.05, 4.69) is 16.8 Å². The van der Waals surface area contributed by atoms with Gasteiger partial charge in [-0.3, -0.25) is 4.90 Å². The summed E-state index contributed by atoms with van der Waals surface area (Å²) in [6, 6.07) is 7.18. The molecular weight excluding hydrogens is 256 g/mol. The quantitative estimate of drug-likeness (QED) is 0.755. The molecule has 0 unspecified atom stereocenters.